The average Bonchev–Trinajstić information content (AvgIpc) is 2.32. The third-order valence-corrected chi connectivity index (χ3v) is 2.65. The first kappa shape index (κ1) is 10.8. The van der Waals surface area contributed by atoms with Crippen LogP contribution in [0.2, 0.25) is 0 Å². The minimum atomic E-state index is 0.848. The molecule has 0 aliphatic carbocycles. The first-order valence-electron chi connectivity index (χ1n) is 5.67. The molecule has 13 heavy (non-hydrogen) atoms. The van der Waals surface area contributed by atoms with E-state index >= 15 is 0 Å². The van der Waals surface area contributed by atoms with Crippen LogP contribution in [-0.4, -0.2) is 13.1 Å². The molecule has 1 saturated heterocycles. The number of hydrogen-bond donors (Lipinski definition) is 1. The zero-order valence-corrected chi connectivity index (χ0v) is 9.10. The van der Waals surface area contributed by atoms with Crippen molar-refractivity contribution in [3.63, 3.8) is 0 Å². The molecular weight excluding hydrogens is 158 g/mol. The Balaban J connectivity index is 2.22. The molecule has 0 atom stereocenters. The normalized spacial score (nSPS) is 22.2. The number of allylic oxidation sites excluding steroid dienone is 1. The van der Waals surface area contributed by atoms with Crippen molar-refractivity contribution in [1.82, 2.24) is 5.32 Å². The number of nitrogens with one attached hydrogen (secondary N) is 1. The summed E-state index contributed by atoms with van der Waals surface area (Å²) in [5, 5.41) is 3.44. The average molecular weight is 181 g/mol. The lowest BCUT2D eigenvalue weighted by molar-refractivity contribution is 0.592. The summed E-state index contributed by atoms with van der Waals surface area (Å²) in [5.74, 6) is 0.848. The molecule has 1 nitrogen and oxygen atoms in total. The monoisotopic (exact) mass is 181 g/mol. The Hall–Kier alpha value is -0.300. The molecule has 1 rings (SSSR count). The van der Waals surface area contributed by atoms with E-state index in [0.717, 1.165) is 5.92 Å². The third kappa shape index (κ3) is 5.09. The zero-order valence-electron chi connectivity index (χ0n) is 9.10. The minimum absolute atomic E-state index is 0.848. The molecule has 1 aliphatic heterocycles. The highest BCUT2D eigenvalue weighted by Gasteiger charge is 2.02. The van der Waals surface area contributed by atoms with Gasteiger partial charge in [-0.25, -0.2) is 0 Å². The van der Waals surface area contributed by atoms with Crippen molar-refractivity contribution < 1.29 is 0 Å². The number of rotatable bonds is 3. The standard InChI is InChI=1S/C12H23N/c1-11(2)5-3-6-12-7-4-9-13-10-8-12/h6,11,13H,3-5,7-10H2,1-2H3/b12-6-. The van der Waals surface area contributed by atoms with Gasteiger partial charge in [0, 0.05) is 0 Å². The first-order valence-corrected chi connectivity index (χ1v) is 5.67. The fourth-order valence-corrected chi connectivity index (χ4v) is 1.76. The Morgan fingerprint density at radius 3 is 2.92 bits per heavy atom. The van der Waals surface area contributed by atoms with Gasteiger partial charge in [-0.1, -0.05) is 25.5 Å². The Bertz CT molecular complexity index is 149. The Kier molecular flexibility index (Phi) is 5.14. The van der Waals surface area contributed by atoms with Crippen molar-refractivity contribution in [2.75, 3.05) is 13.1 Å². The topological polar surface area (TPSA) is 12.0 Å². The Morgan fingerprint density at radius 1 is 1.31 bits per heavy atom. The molecule has 0 radical (unpaired) electrons. The lowest BCUT2D eigenvalue weighted by Crippen LogP contribution is -2.13. The maximum atomic E-state index is 3.44. The highest BCUT2D eigenvalue weighted by atomic mass is 14.8. The maximum Gasteiger partial charge on any atom is -0.00116 e. The smallest absolute Gasteiger partial charge is 0.00116 e. The molecule has 0 amide bonds. The molecule has 1 heterocycles. The fourth-order valence-electron chi connectivity index (χ4n) is 1.76. The largest absolute Gasteiger partial charge is 0.316 e. The maximum absolute atomic E-state index is 3.44. The summed E-state index contributed by atoms with van der Waals surface area (Å²) in [6, 6.07) is 0. The van der Waals surface area contributed by atoms with Crippen LogP contribution in [0.25, 0.3) is 0 Å². The molecule has 0 spiro atoms. The van der Waals surface area contributed by atoms with E-state index in [0.29, 0.717) is 0 Å². The van der Waals surface area contributed by atoms with E-state index in [9.17, 15) is 0 Å². The molecular formula is C12H23N. The van der Waals surface area contributed by atoms with Gasteiger partial charge in [0.25, 0.3) is 0 Å². The second kappa shape index (κ2) is 6.20. The predicted octanol–water partition coefficient (Wildman–Crippen LogP) is 3.12. The molecule has 0 aromatic heterocycles. The van der Waals surface area contributed by atoms with E-state index in [-0.39, 0.29) is 0 Å². The fraction of sp³-hybridized carbons (Fsp3) is 0.833. The van der Waals surface area contributed by atoms with Crippen LogP contribution < -0.4 is 5.32 Å². The van der Waals surface area contributed by atoms with Gasteiger partial charge in [0.05, 0.1) is 0 Å². The van der Waals surface area contributed by atoms with E-state index in [2.05, 4.69) is 25.2 Å². The minimum Gasteiger partial charge on any atom is -0.316 e. The van der Waals surface area contributed by atoms with Crippen LogP contribution >= 0.6 is 0 Å². The highest BCUT2D eigenvalue weighted by molar-refractivity contribution is 5.03. The lowest BCUT2D eigenvalue weighted by Gasteiger charge is -2.04. The second-order valence-corrected chi connectivity index (χ2v) is 4.44. The van der Waals surface area contributed by atoms with Gasteiger partial charge in [0.1, 0.15) is 0 Å². The molecule has 1 N–H and O–H groups in total. The molecule has 1 heteroatoms. The van der Waals surface area contributed by atoms with Crippen molar-refractivity contribution in [3.05, 3.63) is 11.6 Å². The van der Waals surface area contributed by atoms with Crippen LogP contribution in [0, 0.1) is 5.92 Å². The van der Waals surface area contributed by atoms with Gasteiger partial charge in [-0.05, 0) is 51.1 Å². The second-order valence-electron chi connectivity index (χ2n) is 4.44. The third-order valence-electron chi connectivity index (χ3n) is 2.65. The van der Waals surface area contributed by atoms with Crippen molar-refractivity contribution in [2.24, 2.45) is 5.92 Å². The van der Waals surface area contributed by atoms with Gasteiger partial charge < -0.3 is 5.32 Å². The summed E-state index contributed by atoms with van der Waals surface area (Å²) >= 11 is 0. The summed E-state index contributed by atoms with van der Waals surface area (Å²) in [5.41, 5.74) is 1.69. The molecule has 0 aromatic carbocycles. The summed E-state index contributed by atoms with van der Waals surface area (Å²) in [7, 11) is 0. The Labute approximate surface area is 82.6 Å². The van der Waals surface area contributed by atoms with Crippen molar-refractivity contribution in [3.8, 4) is 0 Å². The van der Waals surface area contributed by atoms with E-state index in [1.54, 1.807) is 5.57 Å². The first-order chi connectivity index (χ1) is 6.29. The molecule has 0 aromatic rings. The summed E-state index contributed by atoms with van der Waals surface area (Å²) < 4.78 is 0. The predicted molar refractivity (Wildman–Crippen MR) is 58.9 cm³/mol. The Morgan fingerprint density at radius 2 is 2.15 bits per heavy atom. The molecule has 76 valence electrons. The van der Waals surface area contributed by atoms with Gasteiger partial charge in [0.2, 0.25) is 0 Å². The van der Waals surface area contributed by atoms with E-state index in [4.69, 9.17) is 0 Å². The lowest BCUT2D eigenvalue weighted by atomic mass is 10.0. The van der Waals surface area contributed by atoms with Gasteiger partial charge in [-0.15, -0.1) is 0 Å². The summed E-state index contributed by atoms with van der Waals surface area (Å²) in [4.78, 5) is 0. The van der Waals surface area contributed by atoms with Crippen molar-refractivity contribution in [2.45, 2.75) is 46.0 Å². The van der Waals surface area contributed by atoms with Gasteiger partial charge in [-0.2, -0.15) is 0 Å². The van der Waals surface area contributed by atoms with E-state index in [1.807, 2.05) is 0 Å². The molecule has 0 saturated carbocycles. The van der Waals surface area contributed by atoms with Crippen molar-refractivity contribution in [1.29, 1.82) is 0 Å². The van der Waals surface area contributed by atoms with Crippen LogP contribution in [0.5, 0.6) is 0 Å². The van der Waals surface area contributed by atoms with Crippen LogP contribution in [0.3, 0.4) is 0 Å². The van der Waals surface area contributed by atoms with Crippen LogP contribution in [0.1, 0.15) is 46.0 Å². The van der Waals surface area contributed by atoms with Crippen LogP contribution in [0.4, 0.5) is 0 Å². The quantitative estimate of drug-likeness (QED) is 0.660. The van der Waals surface area contributed by atoms with Crippen LogP contribution in [0.15, 0.2) is 11.6 Å². The van der Waals surface area contributed by atoms with Gasteiger partial charge in [0.15, 0.2) is 0 Å². The van der Waals surface area contributed by atoms with E-state index in [1.165, 1.54) is 45.2 Å². The summed E-state index contributed by atoms with van der Waals surface area (Å²) in [6.07, 6.45) is 9.04. The molecule has 0 unspecified atom stereocenters. The van der Waals surface area contributed by atoms with Crippen LogP contribution in [-0.2, 0) is 0 Å². The molecule has 1 fully saturated rings. The van der Waals surface area contributed by atoms with E-state index < -0.39 is 0 Å². The van der Waals surface area contributed by atoms with Crippen molar-refractivity contribution >= 4 is 0 Å². The highest BCUT2D eigenvalue weighted by Crippen LogP contribution is 2.14. The number of hydrogen-bond acceptors (Lipinski definition) is 1. The van der Waals surface area contributed by atoms with Gasteiger partial charge in [-0.3, -0.25) is 0 Å². The zero-order chi connectivity index (χ0) is 9.52. The van der Waals surface area contributed by atoms with Gasteiger partial charge >= 0.3 is 0 Å². The molecule has 1 aliphatic rings. The SMILES string of the molecule is CC(C)CC/C=C1/CCCNCC1. The molecule has 0 bridgehead atoms. The summed E-state index contributed by atoms with van der Waals surface area (Å²) in [6.45, 7) is 7.00.